The van der Waals surface area contributed by atoms with E-state index in [-0.39, 0.29) is 6.10 Å². The highest BCUT2D eigenvalue weighted by Gasteiger charge is 2.30. The summed E-state index contributed by atoms with van der Waals surface area (Å²) in [6, 6.07) is 12.8. The summed E-state index contributed by atoms with van der Waals surface area (Å²) in [5.41, 5.74) is 1.44. The minimum Gasteiger partial charge on any atom is -0.489 e. The van der Waals surface area contributed by atoms with Crippen LogP contribution in [0.1, 0.15) is 37.7 Å². The molecule has 8 heteroatoms. The van der Waals surface area contributed by atoms with Gasteiger partial charge in [-0.15, -0.1) is 0 Å². The number of alkyl halides is 3. The van der Waals surface area contributed by atoms with Gasteiger partial charge in [0.25, 0.3) is 0 Å². The molecule has 0 bridgehead atoms. The van der Waals surface area contributed by atoms with Gasteiger partial charge in [0.05, 0.1) is 27.6 Å². The molecular formula is C25H22F3N3OS. The number of aromatic nitrogens is 3. The molecule has 0 spiro atoms. The largest absolute Gasteiger partial charge is 0.489 e. The normalized spacial score (nSPS) is 15.1. The molecule has 4 nitrogen and oxygen atoms in total. The maximum absolute atomic E-state index is 12.9. The van der Waals surface area contributed by atoms with Gasteiger partial charge in [-0.1, -0.05) is 30.3 Å². The molecule has 170 valence electrons. The zero-order valence-corrected chi connectivity index (χ0v) is 18.5. The van der Waals surface area contributed by atoms with Crippen LogP contribution in [-0.4, -0.2) is 21.1 Å². The average molecular weight is 470 g/mol. The minimum absolute atomic E-state index is 0.185. The predicted molar refractivity (Wildman–Crippen MR) is 122 cm³/mol. The van der Waals surface area contributed by atoms with Crippen LogP contribution in [0.25, 0.3) is 22.4 Å². The van der Waals surface area contributed by atoms with E-state index in [0.717, 1.165) is 51.5 Å². The molecule has 0 radical (unpaired) electrons. The summed E-state index contributed by atoms with van der Waals surface area (Å²) >= 11 is 1.58. The van der Waals surface area contributed by atoms with Gasteiger partial charge in [0.15, 0.2) is 0 Å². The first-order valence-corrected chi connectivity index (χ1v) is 11.7. The van der Waals surface area contributed by atoms with Gasteiger partial charge >= 0.3 is 6.18 Å². The highest BCUT2D eigenvalue weighted by molar-refractivity contribution is 7.99. The van der Waals surface area contributed by atoms with Crippen molar-refractivity contribution in [3.8, 4) is 17.1 Å². The number of halogens is 3. The summed E-state index contributed by atoms with van der Waals surface area (Å²) in [6.07, 6.45) is 4.98. The fourth-order valence-electron chi connectivity index (χ4n) is 4.04. The lowest BCUT2D eigenvalue weighted by molar-refractivity contribution is -0.137. The number of ether oxygens (including phenoxy) is 1. The summed E-state index contributed by atoms with van der Waals surface area (Å²) < 4.78 is 45.1. The van der Waals surface area contributed by atoms with E-state index >= 15 is 0 Å². The van der Waals surface area contributed by atoms with Gasteiger partial charge in [0.2, 0.25) is 0 Å². The first-order valence-electron chi connectivity index (χ1n) is 10.9. The molecule has 0 saturated heterocycles. The quantitative estimate of drug-likeness (QED) is 0.329. The number of pyridine rings is 1. The summed E-state index contributed by atoms with van der Waals surface area (Å²) in [5.74, 6) is 1.31. The van der Waals surface area contributed by atoms with E-state index in [4.69, 9.17) is 4.74 Å². The number of benzene rings is 2. The zero-order valence-electron chi connectivity index (χ0n) is 17.7. The summed E-state index contributed by atoms with van der Waals surface area (Å²) in [7, 11) is 0. The van der Waals surface area contributed by atoms with Gasteiger partial charge < -0.3 is 9.72 Å². The van der Waals surface area contributed by atoms with Crippen LogP contribution in [0.15, 0.2) is 70.7 Å². The van der Waals surface area contributed by atoms with Crippen molar-refractivity contribution >= 4 is 22.8 Å². The second kappa shape index (κ2) is 9.09. The summed E-state index contributed by atoms with van der Waals surface area (Å²) in [4.78, 5) is 14.0. The molecule has 0 atom stereocenters. The van der Waals surface area contributed by atoms with E-state index in [1.54, 1.807) is 24.2 Å². The Kier molecular flexibility index (Phi) is 6.01. The first kappa shape index (κ1) is 21.8. The molecule has 2 heterocycles. The molecule has 2 aromatic heterocycles. The third-order valence-corrected chi connectivity index (χ3v) is 6.80. The maximum atomic E-state index is 12.9. The van der Waals surface area contributed by atoms with Crippen molar-refractivity contribution in [2.45, 2.75) is 54.2 Å². The molecular weight excluding hydrogens is 447 g/mol. The smallest absolute Gasteiger partial charge is 0.416 e. The predicted octanol–water partition coefficient (Wildman–Crippen LogP) is 7.51. The Morgan fingerprint density at radius 2 is 1.67 bits per heavy atom. The van der Waals surface area contributed by atoms with Crippen molar-refractivity contribution in [1.82, 2.24) is 15.0 Å². The lowest BCUT2D eigenvalue weighted by atomic mass is 9.98. The minimum atomic E-state index is -4.36. The van der Waals surface area contributed by atoms with Crippen molar-refractivity contribution in [3.63, 3.8) is 0 Å². The number of aromatic amines is 1. The molecule has 1 aliphatic carbocycles. The van der Waals surface area contributed by atoms with Crippen LogP contribution in [0.2, 0.25) is 0 Å². The van der Waals surface area contributed by atoms with Crippen molar-refractivity contribution < 1.29 is 17.9 Å². The van der Waals surface area contributed by atoms with Crippen molar-refractivity contribution in [2.75, 3.05) is 0 Å². The Morgan fingerprint density at radius 1 is 0.939 bits per heavy atom. The molecule has 33 heavy (non-hydrogen) atoms. The Morgan fingerprint density at radius 3 is 2.36 bits per heavy atom. The third-order valence-electron chi connectivity index (χ3n) is 5.76. The van der Waals surface area contributed by atoms with Crippen molar-refractivity contribution in [2.24, 2.45) is 0 Å². The van der Waals surface area contributed by atoms with E-state index in [2.05, 4.69) is 15.0 Å². The van der Waals surface area contributed by atoms with Crippen LogP contribution in [0.3, 0.4) is 0 Å². The molecule has 1 saturated carbocycles. The fourth-order valence-corrected chi connectivity index (χ4v) is 4.93. The number of imidazole rings is 1. The van der Waals surface area contributed by atoms with Crippen LogP contribution in [0, 0.1) is 0 Å². The SMILES string of the molecule is FC(F)(F)c1ccc(-c2nc3cc(Sc4ccncc4)c(OC4CCCCC4)cc3[nH]2)cc1. The number of nitrogens with zero attached hydrogens (tertiary/aromatic N) is 2. The Bertz CT molecular complexity index is 1230. The Labute approximate surface area is 193 Å². The number of hydrogen-bond acceptors (Lipinski definition) is 4. The molecule has 4 aromatic rings. The van der Waals surface area contributed by atoms with E-state index in [1.165, 1.54) is 31.4 Å². The van der Waals surface area contributed by atoms with E-state index in [0.29, 0.717) is 11.4 Å². The van der Waals surface area contributed by atoms with E-state index in [1.807, 2.05) is 24.3 Å². The molecule has 2 aromatic carbocycles. The molecule has 1 fully saturated rings. The van der Waals surface area contributed by atoms with Crippen LogP contribution in [0.5, 0.6) is 5.75 Å². The number of fused-ring (bicyclic) bond motifs is 1. The van der Waals surface area contributed by atoms with Crippen molar-refractivity contribution in [3.05, 3.63) is 66.5 Å². The van der Waals surface area contributed by atoms with Gasteiger partial charge in [0, 0.05) is 28.9 Å². The zero-order chi connectivity index (χ0) is 22.8. The van der Waals surface area contributed by atoms with Gasteiger partial charge in [0.1, 0.15) is 11.6 Å². The van der Waals surface area contributed by atoms with Gasteiger partial charge in [-0.3, -0.25) is 4.98 Å². The first-order chi connectivity index (χ1) is 16.0. The molecule has 1 aliphatic rings. The van der Waals surface area contributed by atoms with Gasteiger partial charge in [-0.2, -0.15) is 13.2 Å². The highest BCUT2D eigenvalue weighted by atomic mass is 32.2. The number of H-pyrrole nitrogens is 1. The van der Waals surface area contributed by atoms with Gasteiger partial charge in [-0.05, 0) is 56.0 Å². The van der Waals surface area contributed by atoms with Crippen LogP contribution < -0.4 is 4.74 Å². The maximum Gasteiger partial charge on any atom is 0.416 e. The lowest BCUT2D eigenvalue weighted by Crippen LogP contribution is -2.19. The fraction of sp³-hybridized carbons (Fsp3) is 0.280. The van der Waals surface area contributed by atoms with E-state index in [9.17, 15) is 13.2 Å². The molecule has 0 amide bonds. The lowest BCUT2D eigenvalue weighted by Gasteiger charge is -2.24. The molecule has 5 rings (SSSR count). The van der Waals surface area contributed by atoms with E-state index < -0.39 is 11.7 Å². The Balaban J connectivity index is 1.50. The molecule has 1 N–H and O–H groups in total. The highest BCUT2D eigenvalue weighted by Crippen LogP contribution is 2.39. The van der Waals surface area contributed by atoms with Crippen LogP contribution >= 0.6 is 11.8 Å². The van der Waals surface area contributed by atoms with Crippen LogP contribution in [0.4, 0.5) is 13.2 Å². The number of rotatable bonds is 5. The molecule has 0 unspecified atom stereocenters. The standard InChI is InChI=1S/C25H22F3N3OS/c26-25(27,28)17-8-6-16(7-9-17)24-30-20-14-22(32-18-4-2-1-3-5-18)23(15-21(20)31-24)33-19-10-12-29-13-11-19/h6-15,18H,1-5H2,(H,30,31). The summed E-state index contributed by atoms with van der Waals surface area (Å²) in [6.45, 7) is 0. The monoisotopic (exact) mass is 469 g/mol. The average Bonchev–Trinajstić information content (AvgIpc) is 3.23. The second-order valence-corrected chi connectivity index (χ2v) is 9.25. The Hall–Kier alpha value is -3.00. The summed E-state index contributed by atoms with van der Waals surface area (Å²) in [5, 5.41) is 0. The van der Waals surface area contributed by atoms with Gasteiger partial charge in [-0.25, -0.2) is 4.98 Å². The molecule has 0 aliphatic heterocycles. The number of hydrogen-bond donors (Lipinski definition) is 1. The topological polar surface area (TPSA) is 50.8 Å². The van der Waals surface area contributed by atoms with Crippen LogP contribution in [-0.2, 0) is 6.18 Å². The van der Waals surface area contributed by atoms with Crippen molar-refractivity contribution in [1.29, 1.82) is 0 Å². The number of nitrogens with one attached hydrogen (secondary N) is 1. The second-order valence-electron chi connectivity index (χ2n) is 8.14. The third kappa shape index (κ3) is 5.00.